The fourth-order valence-corrected chi connectivity index (χ4v) is 6.96. The van der Waals surface area contributed by atoms with Crippen molar-refractivity contribution in [3.63, 3.8) is 0 Å². The number of carboxylic acid groups (broad SMARTS) is 1. The molecule has 45 heavy (non-hydrogen) atoms. The van der Waals surface area contributed by atoms with E-state index in [0.717, 1.165) is 57.0 Å². The summed E-state index contributed by atoms with van der Waals surface area (Å²) in [6.45, 7) is 11.6. The van der Waals surface area contributed by atoms with E-state index in [1.807, 2.05) is 39.8 Å². The van der Waals surface area contributed by atoms with E-state index in [4.69, 9.17) is 4.84 Å². The molecule has 5 atom stereocenters. The summed E-state index contributed by atoms with van der Waals surface area (Å²) < 4.78 is 0. The van der Waals surface area contributed by atoms with Gasteiger partial charge in [-0.2, -0.15) is 12.6 Å². The summed E-state index contributed by atoms with van der Waals surface area (Å²) in [4.78, 5) is 45.1. The van der Waals surface area contributed by atoms with Crippen molar-refractivity contribution in [2.45, 2.75) is 84.2 Å². The van der Waals surface area contributed by atoms with Crippen molar-refractivity contribution >= 4 is 42.6 Å². The summed E-state index contributed by atoms with van der Waals surface area (Å²) in [7, 11) is 0. The minimum atomic E-state index is -1.36. The molecule has 0 saturated carbocycles. The van der Waals surface area contributed by atoms with Gasteiger partial charge < -0.3 is 31.1 Å². The smallest absolute Gasteiger partial charge is 0.303 e. The normalized spacial score (nSPS) is 29.6. The van der Waals surface area contributed by atoms with Crippen LogP contribution in [-0.2, 0) is 25.6 Å². The molecule has 1 aromatic rings. The van der Waals surface area contributed by atoms with Gasteiger partial charge in [0.25, 0.3) is 11.8 Å². The van der Waals surface area contributed by atoms with Gasteiger partial charge in [0.2, 0.25) is 5.91 Å². The summed E-state index contributed by atoms with van der Waals surface area (Å²) in [5.41, 5.74) is 11.3. The lowest BCUT2D eigenvalue weighted by molar-refractivity contribution is -0.137. The Morgan fingerprint density at radius 1 is 1.09 bits per heavy atom. The maximum Gasteiger partial charge on any atom is 0.303 e. The fraction of sp³-hybridized carbons (Fsp3) is 0.485. The Morgan fingerprint density at radius 3 is 2.42 bits per heavy atom. The SMILES string of the molecule is C=CC1=C(C)[C@@H](CC2N/C(=C\c3[nH]c(/C=C4\NC(=O)[C@H](C)[C@H]4CCS)c(C)c3CC[C@@]3(O)NO3)C(CCC(=O)O)=C2C)NC1=O. The third-order valence-electron chi connectivity index (χ3n) is 9.63. The molecule has 0 aliphatic carbocycles. The minimum absolute atomic E-state index is 0.00684. The standard InChI is InChI=1S/C33H43N5O6S/c1-6-20-16(2)26(36-32(20)42)13-24-17(3)21(7-8-30(39)40)27(34-24)15-28-22(9-11-33(43)38-44-33)18(4)25(35-28)14-29-23(10-12-45)19(5)31(41)37-29/h6,14-15,19,23-24,26,34-35,38,43,45H,1,7-13H2,2-5H3,(H,36,42)(H,37,41)(H,39,40)/b27-15-,29-14-/t19-,23-,24?,26-,33+/m1/s1. The number of hydroxylamine groups is 1. The summed E-state index contributed by atoms with van der Waals surface area (Å²) in [5.74, 6) is -1.84. The number of carboxylic acids is 1. The summed E-state index contributed by atoms with van der Waals surface area (Å²) in [5, 5.41) is 29.6. The van der Waals surface area contributed by atoms with Crippen LogP contribution in [-0.4, -0.2) is 56.7 Å². The predicted octanol–water partition coefficient (Wildman–Crippen LogP) is 3.36. The van der Waals surface area contributed by atoms with Crippen LogP contribution >= 0.6 is 12.6 Å². The molecule has 1 aromatic heterocycles. The first-order chi connectivity index (χ1) is 21.4. The zero-order valence-corrected chi connectivity index (χ0v) is 27.1. The predicted molar refractivity (Wildman–Crippen MR) is 174 cm³/mol. The maximum atomic E-state index is 12.5. The van der Waals surface area contributed by atoms with Crippen LogP contribution in [0.15, 0.2) is 46.3 Å². The lowest BCUT2D eigenvalue weighted by atomic mass is 9.91. The third-order valence-corrected chi connectivity index (χ3v) is 9.89. The largest absolute Gasteiger partial charge is 0.481 e. The molecule has 2 fully saturated rings. The van der Waals surface area contributed by atoms with E-state index in [0.29, 0.717) is 37.0 Å². The molecule has 242 valence electrons. The first kappa shape index (κ1) is 32.8. The highest BCUT2D eigenvalue weighted by molar-refractivity contribution is 7.80. The number of aromatic nitrogens is 1. The van der Waals surface area contributed by atoms with Gasteiger partial charge in [0.05, 0.1) is 6.04 Å². The molecule has 4 aliphatic rings. The highest BCUT2D eigenvalue weighted by Crippen LogP contribution is 2.36. The second kappa shape index (κ2) is 13.0. The number of nitrogens with one attached hydrogen (secondary N) is 5. The van der Waals surface area contributed by atoms with E-state index in [-0.39, 0.29) is 42.2 Å². The molecule has 0 spiro atoms. The Kier molecular flexibility index (Phi) is 9.50. The van der Waals surface area contributed by atoms with E-state index < -0.39 is 11.9 Å². The number of allylic oxidation sites excluding steroid dienone is 2. The number of hydrogen-bond donors (Lipinski definition) is 8. The second-order valence-corrected chi connectivity index (χ2v) is 12.9. The second-order valence-electron chi connectivity index (χ2n) is 12.4. The van der Waals surface area contributed by atoms with Crippen LogP contribution < -0.4 is 21.4 Å². The van der Waals surface area contributed by atoms with E-state index >= 15 is 0 Å². The number of amides is 2. The molecule has 11 nitrogen and oxygen atoms in total. The molecule has 4 aliphatic heterocycles. The number of H-pyrrole nitrogens is 1. The van der Waals surface area contributed by atoms with Crippen LogP contribution in [0.25, 0.3) is 12.2 Å². The number of thiol groups is 1. The monoisotopic (exact) mass is 637 g/mol. The van der Waals surface area contributed by atoms with Crippen molar-refractivity contribution in [2.75, 3.05) is 5.75 Å². The number of hydrogen-bond acceptors (Lipinski definition) is 8. The zero-order chi connectivity index (χ0) is 32.6. The molecule has 7 N–H and O–H groups in total. The van der Waals surface area contributed by atoms with E-state index in [1.54, 1.807) is 6.08 Å². The molecule has 5 rings (SSSR count). The number of aliphatic carboxylic acids is 1. The van der Waals surface area contributed by atoms with Crippen molar-refractivity contribution in [2.24, 2.45) is 11.8 Å². The molecule has 0 bridgehead atoms. The molecule has 12 heteroatoms. The lowest BCUT2D eigenvalue weighted by Gasteiger charge is -2.20. The van der Waals surface area contributed by atoms with E-state index in [2.05, 4.69) is 45.6 Å². The van der Waals surface area contributed by atoms with Crippen LogP contribution in [0.1, 0.15) is 75.4 Å². The van der Waals surface area contributed by atoms with Gasteiger partial charge in [-0.3, -0.25) is 14.4 Å². The Labute approximate surface area is 268 Å². The van der Waals surface area contributed by atoms with Crippen molar-refractivity contribution in [3.05, 3.63) is 68.9 Å². The van der Waals surface area contributed by atoms with Crippen LogP contribution in [0.2, 0.25) is 0 Å². The van der Waals surface area contributed by atoms with Crippen LogP contribution in [0.3, 0.4) is 0 Å². The number of rotatable bonds is 13. The molecule has 0 radical (unpaired) electrons. The molecule has 1 unspecified atom stereocenters. The molecular weight excluding hydrogens is 594 g/mol. The van der Waals surface area contributed by atoms with Crippen LogP contribution in [0.5, 0.6) is 0 Å². The Balaban J connectivity index is 1.51. The number of carbonyl (C=O) groups is 3. The minimum Gasteiger partial charge on any atom is -0.481 e. The number of aromatic amines is 1. The van der Waals surface area contributed by atoms with Crippen molar-refractivity contribution in [3.8, 4) is 0 Å². The first-order valence-electron chi connectivity index (χ1n) is 15.4. The zero-order valence-electron chi connectivity index (χ0n) is 26.2. The lowest BCUT2D eigenvalue weighted by Crippen LogP contribution is -2.36. The van der Waals surface area contributed by atoms with Gasteiger partial charge in [0.1, 0.15) is 0 Å². The molecule has 0 aromatic carbocycles. The topological polar surface area (TPSA) is 178 Å². The highest BCUT2D eigenvalue weighted by atomic mass is 32.1. The molecule has 2 amide bonds. The average Bonchev–Trinajstić information content (AvgIpc) is 3.30. The fourth-order valence-electron chi connectivity index (χ4n) is 6.68. The number of aliphatic hydroxyl groups is 1. The summed E-state index contributed by atoms with van der Waals surface area (Å²) in [6.07, 6.45) is 8.08. The van der Waals surface area contributed by atoms with Gasteiger partial charge >= 0.3 is 5.97 Å². The van der Waals surface area contributed by atoms with Gasteiger partial charge in [0, 0.05) is 59.1 Å². The van der Waals surface area contributed by atoms with Gasteiger partial charge in [-0.05, 0) is 92.2 Å². The summed E-state index contributed by atoms with van der Waals surface area (Å²) in [6, 6.07) is -0.284. The Morgan fingerprint density at radius 2 is 1.80 bits per heavy atom. The van der Waals surface area contributed by atoms with E-state index in [9.17, 15) is 24.6 Å². The van der Waals surface area contributed by atoms with Crippen molar-refractivity contribution in [1.82, 2.24) is 26.4 Å². The Hall–Kier alpha value is -3.58. The van der Waals surface area contributed by atoms with Crippen molar-refractivity contribution < 1.29 is 29.4 Å². The first-order valence-corrected chi connectivity index (χ1v) is 16.0. The quantitative estimate of drug-likeness (QED) is 0.120. The van der Waals surface area contributed by atoms with Crippen LogP contribution in [0, 0.1) is 18.8 Å². The van der Waals surface area contributed by atoms with E-state index in [1.165, 1.54) is 0 Å². The van der Waals surface area contributed by atoms with Crippen molar-refractivity contribution in [1.29, 1.82) is 0 Å². The molecule has 2 saturated heterocycles. The van der Waals surface area contributed by atoms with Gasteiger partial charge in [-0.1, -0.05) is 19.6 Å². The van der Waals surface area contributed by atoms with Crippen LogP contribution in [0.4, 0.5) is 0 Å². The van der Waals surface area contributed by atoms with Gasteiger partial charge in [-0.25, -0.2) is 4.84 Å². The Bertz CT molecular complexity index is 1550. The maximum absolute atomic E-state index is 12.5. The van der Waals surface area contributed by atoms with Gasteiger partial charge in [-0.15, -0.1) is 5.48 Å². The number of carbonyl (C=O) groups excluding carboxylic acids is 2. The molecular formula is C33H43N5O6S. The molecule has 5 heterocycles. The van der Waals surface area contributed by atoms with Gasteiger partial charge in [0.15, 0.2) is 0 Å². The summed E-state index contributed by atoms with van der Waals surface area (Å²) >= 11 is 4.41. The highest BCUT2D eigenvalue weighted by Gasteiger charge is 2.43. The third kappa shape index (κ3) is 6.84. The average molecular weight is 638 g/mol.